The Kier molecular flexibility index (Phi) is 4.40. The van der Waals surface area contributed by atoms with Crippen LogP contribution in [0.15, 0.2) is 53.4 Å². The SMILES string of the molecule is CCOC(=O)C1CC1c1nn(S(=O)(=O)c2ccccc2)c2ccc(C#N)cc12. The predicted octanol–water partition coefficient (Wildman–Crippen LogP) is 2.81. The molecular formula is C20H17N3O4S. The number of rotatable bonds is 5. The van der Waals surface area contributed by atoms with Gasteiger partial charge in [-0.3, -0.25) is 4.79 Å². The van der Waals surface area contributed by atoms with Gasteiger partial charge in [-0.1, -0.05) is 18.2 Å². The monoisotopic (exact) mass is 395 g/mol. The van der Waals surface area contributed by atoms with Crippen molar-refractivity contribution in [2.24, 2.45) is 5.92 Å². The molecule has 3 aromatic rings. The van der Waals surface area contributed by atoms with Crippen LogP contribution in [0.1, 0.15) is 30.5 Å². The quantitative estimate of drug-likeness (QED) is 0.616. The van der Waals surface area contributed by atoms with Crippen LogP contribution < -0.4 is 0 Å². The van der Waals surface area contributed by atoms with E-state index in [4.69, 9.17) is 4.74 Å². The summed E-state index contributed by atoms with van der Waals surface area (Å²) >= 11 is 0. The average Bonchev–Trinajstić information content (AvgIpc) is 3.41. The summed E-state index contributed by atoms with van der Waals surface area (Å²) in [6.45, 7) is 2.03. The highest BCUT2D eigenvalue weighted by Gasteiger charge is 2.48. The van der Waals surface area contributed by atoms with Gasteiger partial charge in [-0.2, -0.15) is 22.9 Å². The maximum atomic E-state index is 13.1. The Bertz CT molecular complexity index is 1210. The molecule has 0 bridgehead atoms. The zero-order chi connectivity index (χ0) is 19.9. The zero-order valence-electron chi connectivity index (χ0n) is 15.1. The van der Waals surface area contributed by atoms with Gasteiger partial charge in [0, 0.05) is 11.3 Å². The number of carbonyl (C=O) groups is 1. The van der Waals surface area contributed by atoms with Crippen molar-refractivity contribution < 1.29 is 17.9 Å². The van der Waals surface area contributed by atoms with Crippen LogP contribution >= 0.6 is 0 Å². The zero-order valence-corrected chi connectivity index (χ0v) is 15.9. The molecule has 2 atom stereocenters. The van der Waals surface area contributed by atoms with Gasteiger partial charge in [0.15, 0.2) is 0 Å². The summed E-state index contributed by atoms with van der Waals surface area (Å²) in [6, 6.07) is 14.8. The van der Waals surface area contributed by atoms with Crippen LogP contribution in [0.3, 0.4) is 0 Å². The van der Waals surface area contributed by atoms with E-state index in [1.807, 2.05) is 0 Å². The van der Waals surface area contributed by atoms with Crippen LogP contribution in [0.4, 0.5) is 0 Å². The first-order valence-corrected chi connectivity index (χ1v) is 10.3. The summed E-state index contributed by atoms with van der Waals surface area (Å²) in [7, 11) is -3.91. The van der Waals surface area contributed by atoms with Gasteiger partial charge in [0.2, 0.25) is 0 Å². The van der Waals surface area contributed by atoms with Gasteiger partial charge in [0.05, 0.1) is 40.3 Å². The van der Waals surface area contributed by atoms with E-state index in [0.717, 1.165) is 4.09 Å². The Morgan fingerprint density at radius 2 is 2.04 bits per heavy atom. The van der Waals surface area contributed by atoms with E-state index in [2.05, 4.69) is 11.2 Å². The standard InChI is InChI=1S/C20H17N3O4S/c1-2-27-20(24)16-11-15(16)19-17-10-13(12-21)8-9-18(17)23(22-19)28(25,26)14-6-4-3-5-7-14/h3-10,15-16H,2,11H2,1H3. The normalized spacial score (nSPS) is 18.6. The molecule has 1 aliphatic carbocycles. The summed E-state index contributed by atoms with van der Waals surface area (Å²) in [5.41, 5.74) is 1.29. The smallest absolute Gasteiger partial charge is 0.309 e. The third kappa shape index (κ3) is 2.94. The largest absolute Gasteiger partial charge is 0.466 e. The molecule has 0 aliphatic heterocycles. The Labute approximate surface area is 162 Å². The highest BCUT2D eigenvalue weighted by Crippen LogP contribution is 2.50. The molecule has 8 heteroatoms. The van der Waals surface area contributed by atoms with Crippen molar-refractivity contribution >= 4 is 26.9 Å². The molecule has 2 unspecified atom stereocenters. The Morgan fingerprint density at radius 3 is 2.71 bits per heavy atom. The molecule has 2 aromatic carbocycles. The van der Waals surface area contributed by atoms with Crippen molar-refractivity contribution in [1.82, 2.24) is 9.19 Å². The second-order valence-corrected chi connectivity index (χ2v) is 8.36. The van der Waals surface area contributed by atoms with Crippen molar-refractivity contribution in [2.45, 2.75) is 24.2 Å². The molecular weight excluding hydrogens is 378 g/mol. The summed E-state index contributed by atoms with van der Waals surface area (Å²) in [5, 5.41) is 14.2. The number of hydrogen-bond donors (Lipinski definition) is 0. The van der Waals surface area contributed by atoms with E-state index in [0.29, 0.717) is 28.6 Å². The summed E-state index contributed by atoms with van der Waals surface area (Å²) in [5.74, 6) is -0.864. The maximum absolute atomic E-state index is 13.1. The summed E-state index contributed by atoms with van der Waals surface area (Å²) in [4.78, 5) is 12.2. The van der Waals surface area contributed by atoms with Crippen molar-refractivity contribution in [1.29, 1.82) is 5.26 Å². The number of ether oxygens (including phenoxy) is 1. The van der Waals surface area contributed by atoms with Crippen LogP contribution in [-0.4, -0.2) is 30.2 Å². The van der Waals surface area contributed by atoms with Gasteiger partial charge >= 0.3 is 5.97 Å². The molecule has 142 valence electrons. The molecule has 28 heavy (non-hydrogen) atoms. The molecule has 1 aliphatic rings. The Balaban J connectivity index is 1.86. The second-order valence-electron chi connectivity index (χ2n) is 6.59. The van der Waals surface area contributed by atoms with Gasteiger partial charge in [0.25, 0.3) is 10.0 Å². The van der Waals surface area contributed by atoms with Gasteiger partial charge in [0.1, 0.15) is 0 Å². The minimum absolute atomic E-state index is 0.119. The lowest BCUT2D eigenvalue weighted by atomic mass is 10.1. The number of hydrogen-bond acceptors (Lipinski definition) is 6. The first kappa shape index (κ1) is 18.2. The lowest BCUT2D eigenvalue weighted by Gasteiger charge is -2.05. The van der Waals surface area contributed by atoms with E-state index in [1.165, 1.54) is 12.1 Å². The highest BCUT2D eigenvalue weighted by atomic mass is 32.2. The number of fused-ring (bicyclic) bond motifs is 1. The summed E-state index contributed by atoms with van der Waals surface area (Å²) in [6.07, 6.45) is 0.549. The maximum Gasteiger partial charge on any atom is 0.309 e. The van der Waals surface area contributed by atoms with E-state index in [-0.39, 0.29) is 29.3 Å². The van der Waals surface area contributed by atoms with Crippen LogP contribution in [0.5, 0.6) is 0 Å². The van der Waals surface area contributed by atoms with Gasteiger partial charge in [-0.25, -0.2) is 0 Å². The molecule has 0 saturated heterocycles. The molecule has 7 nitrogen and oxygen atoms in total. The fourth-order valence-corrected chi connectivity index (χ4v) is 4.65. The fraction of sp³-hybridized carbons (Fsp3) is 0.250. The van der Waals surface area contributed by atoms with Crippen molar-refractivity contribution in [2.75, 3.05) is 6.61 Å². The van der Waals surface area contributed by atoms with Crippen molar-refractivity contribution in [3.8, 4) is 6.07 Å². The van der Waals surface area contributed by atoms with Crippen LogP contribution in [0, 0.1) is 17.2 Å². The van der Waals surface area contributed by atoms with Gasteiger partial charge in [-0.15, -0.1) is 0 Å². The number of esters is 1. The van der Waals surface area contributed by atoms with Gasteiger partial charge < -0.3 is 4.74 Å². The number of nitrogens with zero attached hydrogens (tertiary/aromatic N) is 3. The van der Waals surface area contributed by atoms with Crippen LogP contribution in [0.2, 0.25) is 0 Å². The molecule has 1 heterocycles. The summed E-state index contributed by atoms with van der Waals surface area (Å²) < 4.78 is 32.3. The third-order valence-electron chi connectivity index (χ3n) is 4.81. The molecule has 0 spiro atoms. The number of carbonyl (C=O) groups excluding carboxylic acids is 1. The van der Waals surface area contributed by atoms with E-state index < -0.39 is 10.0 Å². The van der Waals surface area contributed by atoms with E-state index in [9.17, 15) is 18.5 Å². The first-order chi connectivity index (χ1) is 13.5. The van der Waals surface area contributed by atoms with Crippen LogP contribution in [-0.2, 0) is 19.6 Å². The Morgan fingerprint density at radius 1 is 1.29 bits per heavy atom. The minimum atomic E-state index is -3.91. The lowest BCUT2D eigenvalue weighted by Crippen LogP contribution is -2.14. The number of nitriles is 1. The molecule has 1 saturated carbocycles. The molecule has 4 rings (SSSR count). The van der Waals surface area contributed by atoms with Crippen molar-refractivity contribution in [3.63, 3.8) is 0 Å². The lowest BCUT2D eigenvalue weighted by molar-refractivity contribution is -0.144. The van der Waals surface area contributed by atoms with E-state index >= 15 is 0 Å². The van der Waals surface area contributed by atoms with Gasteiger partial charge in [-0.05, 0) is 43.7 Å². The highest BCUT2D eigenvalue weighted by molar-refractivity contribution is 7.90. The fourth-order valence-electron chi connectivity index (χ4n) is 3.34. The molecule has 0 amide bonds. The third-order valence-corrected chi connectivity index (χ3v) is 6.41. The second kappa shape index (κ2) is 6.77. The Hall–Kier alpha value is -3.18. The first-order valence-electron chi connectivity index (χ1n) is 8.87. The predicted molar refractivity (Wildman–Crippen MR) is 101 cm³/mol. The van der Waals surface area contributed by atoms with Crippen molar-refractivity contribution in [3.05, 3.63) is 59.8 Å². The molecule has 0 radical (unpaired) electrons. The molecule has 1 fully saturated rings. The molecule has 0 N–H and O–H groups in total. The topological polar surface area (TPSA) is 102 Å². The number of benzene rings is 2. The number of aromatic nitrogens is 2. The average molecular weight is 395 g/mol. The van der Waals surface area contributed by atoms with E-state index in [1.54, 1.807) is 43.3 Å². The molecule has 1 aromatic heterocycles. The minimum Gasteiger partial charge on any atom is -0.466 e. The van der Waals surface area contributed by atoms with Crippen LogP contribution in [0.25, 0.3) is 10.9 Å².